The molecule has 1 N–H and O–H groups in total. The molecule has 0 spiro atoms. The molecule has 4 nitrogen and oxygen atoms in total. The molecule has 0 unspecified atom stereocenters. The van der Waals surface area contributed by atoms with Crippen LogP contribution in [0.3, 0.4) is 0 Å². The van der Waals surface area contributed by atoms with E-state index in [2.05, 4.69) is 21.2 Å². The maximum atomic E-state index is 12.1. The maximum absolute atomic E-state index is 12.1. The highest BCUT2D eigenvalue weighted by Gasteiger charge is 2.26. The number of nitrogens with one attached hydrogen (secondary N) is 1. The normalized spacial score (nSPS) is 13.5. The molecule has 0 saturated heterocycles. The van der Waals surface area contributed by atoms with E-state index in [1.165, 1.54) is 7.11 Å². The fourth-order valence-corrected chi connectivity index (χ4v) is 2.06. The Hall–Kier alpha value is -1.09. The Labute approximate surface area is 125 Å². The summed E-state index contributed by atoms with van der Waals surface area (Å²) >= 11 is 9.34. The van der Waals surface area contributed by atoms with Crippen LogP contribution < -0.4 is 5.32 Å². The van der Waals surface area contributed by atoms with E-state index >= 15 is 0 Å². The van der Waals surface area contributed by atoms with Crippen LogP contribution in [0.25, 0.3) is 0 Å². The Bertz CT molecular complexity index is 519. The zero-order chi connectivity index (χ0) is 14.6. The number of amides is 1. The fraction of sp³-hybridized carbons (Fsp3) is 0.385. The summed E-state index contributed by atoms with van der Waals surface area (Å²) in [6, 6.07) is 5.28. The molecule has 1 atom stereocenters. The number of hydrogen-bond acceptors (Lipinski definition) is 3. The van der Waals surface area contributed by atoms with Gasteiger partial charge in [-0.2, -0.15) is 5.26 Å². The van der Waals surface area contributed by atoms with Gasteiger partial charge >= 0.3 is 0 Å². The van der Waals surface area contributed by atoms with Crippen LogP contribution in [-0.2, 0) is 4.74 Å². The predicted molar refractivity (Wildman–Crippen MR) is 77.2 cm³/mol. The largest absolute Gasteiger partial charge is 0.381 e. The Kier molecular flexibility index (Phi) is 5.36. The van der Waals surface area contributed by atoms with Gasteiger partial charge in [-0.25, -0.2) is 0 Å². The van der Waals surface area contributed by atoms with Gasteiger partial charge in [0.15, 0.2) is 0 Å². The van der Waals surface area contributed by atoms with Gasteiger partial charge in [-0.15, -0.1) is 0 Å². The number of nitriles is 1. The average Bonchev–Trinajstić information content (AvgIpc) is 2.35. The van der Waals surface area contributed by atoms with Crippen LogP contribution in [-0.4, -0.2) is 25.2 Å². The molecule has 0 heterocycles. The van der Waals surface area contributed by atoms with E-state index in [0.29, 0.717) is 10.6 Å². The van der Waals surface area contributed by atoms with Gasteiger partial charge in [0.2, 0.25) is 0 Å². The Balaban J connectivity index is 2.99. The molecule has 0 saturated carbocycles. The van der Waals surface area contributed by atoms with E-state index < -0.39 is 5.54 Å². The number of benzene rings is 1. The minimum atomic E-state index is -1.07. The molecule has 0 radical (unpaired) electrons. The molecule has 1 amide bonds. The summed E-state index contributed by atoms with van der Waals surface area (Å²) in [7, 11) is 1.47. The molecule has 0 aromatic heterocycles. The van der Waals surface area contributed by atoms with Gasteiger partial charge in [0.25, 0.3) is 5.91 Å². The quantitative estimate of drug-likeness (QED) is 0.912. The number of carbonyl (C=O) groups excluding carboxylic acids is 1. The molecule has 0 aliphatic heterocycles. The molecular weight excluding hydrogens is 332 g/mol. The van der Waals surface area contributed by atoms with E-state index in [1.54, 1.807) is 19.1 Å². The highest BCUT2D eigenvalue weighted by atomic mass is 79.9. The molecule has 0 fully saturated rings. The van der Waals surface area contributed by atoms with Gasteiger partial charge in [0.05, 0.1) is 17.7 Å². The third-order valence-electron chi connectivity index (χ3n) is 2.54. The van der Waals surface area contributed by atoms with E-state index in [-0.39, 0.29) is 12.5 Å². The Morgan fingerprint density at radius 2 is 2.26 bits per heavy atom. The van der Waals surface area contributed by atoms with E-state index in [9.17, 15) is 4.79 Å². The number of halogens is 2. The number of aryl methyl sites for hydroxylation is 1. The second-order valence-corrected chi connectivity index (χ2v) is 5.62. The van der Waals surface area contributed by atoms with Gasteiger partial charge < -0.3 is 10.1 Å². The number of methoxy groups -OCH3 is 1. The van der Waals surface area contributed by atoms with Gasteiger partial charge in [0, 0.05) is 17.1 Å². The molecular formula is C13H14BrClN2O2. The summed E-state index contributed by atoms with van der Waals surface area (Å²) in [5.41, 5.74) is 0.186. The molecule has 1 rings (SSSR count). The topological polar surface area (TPSA) is 62.1 Å². The molecule has 1 aromatic rings. The van der Waals surface area contributed by atoms with Crippen molar-refractivity contribution in [2.45, 2.75) is 19.4 Å². The molecule has 0 aliphatic rings. The Morgan fingerprint density at radius 3 is 2.74 bits per heavy atom. The van der Waals surface area contributed by atoms with E-state index in [1.807, 2.05) is 13.0 Å². The zero-order valence-electron chi connectivity index (χ0n) is 10.9. The third kappa shape index (κ3) is 3.93. The summed E-state index contributed by atoms with van der Waals surface area (Å²) < 4.78 is 5.69. The first kappa shape index (κ1) is 16.0. The van der Waals surface area contributed by atoms with Crippen molar-refractivity contribution in [3.63, 3.8) is 0 Å². The molecule has 1 aromatic carbocycles. The van der Waals surface area contributed by atoms with Crippen LogP contribution in [0.15, 0.2) is 16.6 Å². The zero-order valence-corrected chi connectivity index (χ0v) is 13.2. The first-order valence-electron chi connectivity index (χ1n) is 5.51. The van der Waals surface area contributed by atoms with Gasteiger partial charge in [-0.3, -0.25) is 4.79 Å². The lowest BCUT2D eigenvalue weighted by molar-refractivity contribution is 0.0860. The standard InChI is InChI=1S/C13H14BrClN2O2/c1-8-4-9(5-10(15)11(8)14)12(18)17-13(2,6-16)7-19-3/h4-5H,7H2,1-3H3,(H,17,18)/t13-/m1/s1. The SMILES string of the molecule is COC[C@@](C)(C#N)NC(=O)c1cc(C)c(Br)c(Cl)c1. The molecule has 102 valence electrons. The van der Waals surface area contributed by atoms with Gasteiger partial charge in [0.1, 0.15) is 5.54 Å². The summed E-state index contributed by atoms with van der Waals surface area (Å²) in [5.74, 6) is -0.362. The van der Waals surface area contributed by atoms with Crippen molar-refractivity contribution in [3.8, 4) is 6.07 Å². The van der Waals surface area contributed by atoms with Crippen LogP contribution in [0, 0.1) is 18.3 Å². The van der Waals surface area contributed by atoms with Crippen LogP contribution in [0.1, 0.15) is 22.8 Å². The number of hydrogen-bond donors (Lipinski definition) is 1. The summed E-state index contributed by atoms with van der Waals surface area (Å²) in [4.78, 5) is 12.1. The smallest absolute Gasteiger partial charge is 0.252 e. The van der Waals surface area contributed by atoms with Crippen molar-refractivity contribution < 1.29 is 9.53 Å². The highest BCUT2D eigenvalue weighted by molar-refractivity contribution is 9.10. The lowest BCUT2D eigenvalue weighted by Gasteiger charge is -2.22. The lowest BCUT2D eigenvalue weighted by Crippen LogP contribution is -2.48. The third-order valence-corrected chi connectivity index (χ3v) is 4.12. The second-order valence-electron chi connectivity index (χ2n) is 4.42. The first-order valence-corrected chi connectivity index (χ1v) is 6.68. The number of rotatable bonds is 4. The summed E-state index contributed by atoms with van der Waals surface area (Å²) in [6.07, 6.45) is 0. The minimum Gasteiger partial charge on any atom is -0.381 e. The monoisotopic (exact) mass is 344 g/mol. The second kappa shape index (κ2) is 6.38. The first-order chi connectivity index (χ1) is 8.83. The lowest BCUT2D eigenvalue weighted by atomic mass is 10.0. The molecule has 6 heteroatoms. The van der Waals surface area contributed by atoms with Crippen LogP contribution in [0.4, 0.5) is 0 Å². The van der Waals surface area contributed by atoms with Crippen molar-refractivity contribution in [2.75, 3.05) is 13.7 Å². The van der Waals surface area contributed by atoms with Crippen LogP contribution in [0.2, 0.25) is 5.02 Å². The highest BCUT2D eigenvalue weighted by Crippen LogP contribution is 2.27. The maximum Gasteiger partial charge on any atom is 0.252 e. The summed E-state index contributed by atoms with van der Waals surface area (Å²) in [5, 5.41) is 12.2. The molecule has 19 heavy (non-hydrogen) atoms. The molecule has 0 bridgehead atoms. The van der Waals surface area contributed by atoms with Crippen LogP contribution >= 0.6 is 27.5 Å². The van der Waals surface area contributed by atoms with Crippen molar-refractivity contribution in [1.82, 2.24) is 5.32 Å². The van der Waals surface area contributed by atoms with Gasteiger partial charge in [-0.1, -0.05) is 11.6 Å². The summed E-state index contributed by atoms with van der Waals surface area (Å²) in [6.45, 7) is 3.55. The van der Waals surface area contributed by atoms with Crippen molar-refractivity contribution >= 4 is 33.4 Å². The fourth-order valence-electron chi connectivity index (χ4n) is 1.57. The van der Waals surface area contributed by atoms with Gasteiger partial charge in [-0.05, 0) is 47.5 Å². The number of nitrogens with zero attached hydrogens (tertiary/aromatic N) is 1. The van der Waals surface area contributed by atoms with E-state index in [0.717, 1.165) is 10.0 Å². The van der Waals surface area contributed by atoms with Crippen molar-refractivity contribution in [3.05, 3.63) is 32.8 Å². The average molecular weight is 346 g/mol. The molecule has 0 aliphatic carbocycles. The Morgan fingerprint density at radius 1 is 1.63 bits per heavy atom. The van der Waals surface area contributed by atoms with E-state index in [4.69, 9.17) is 21.6 Å². The minimum absolute atomic E-state index is 0.110. The van der Waals surface area contributed by atoms with Crippen molar-refractivity contribution in [1.29, 1.82) is 5.26 Å². The van der Waals surface area contributed by atoms with Crippen molar-refractivity contribution in [2.24, 2.45) is 0 Å². The number of ether oxygens (including phenoxy) is 1. The number of carbonyl (C=O) groups is 1. The predicted octanol–water partition coefficient (Wildman–Crippen LogP) is 3.07. The van der Waals surface area contributed by atoms with Crippen LogP contribution in [0.5, 0.6) is 0 Å².